The number of hydrogen-bond donors (Lipinski definition) is 2. The molecule has 3 rings (SSSR count). The molecule has 2 atom stereocenters. The molecule has 2 unspecified atom stereocenters. The number of carbonyl (C=O) groups is 5. The first-order chi connectivity index (χ1) is 22.4. The Bertz CT molecular complexity index is 1640. The lowest BCUT2D eigenvalue weighted by molar-refractivity contribution is -0.154. The number of nitrogens with two attached hydrogens (primary N) is 1. The van der Waals surface area contributed by atoms with Gasteiger partial charge in [-0.1, -0.05) is 105 Å². The quantitative estimate of drug-likeness (QED) is 0.163. The minimum absolute atomic E-state index is 0.0148. The van der Waals surface area contributed by atoms with Gasteiger partial charge in [0.1, 0.15) is 5.75 Å². The number of primary amides is 1. The predicted octanol–water partition coefficient (Wildman–Crippen LogP) is 7.48. The molecule has 268 valence electrons. The highest BCUT2D eigenvalue weighted by molar-refractivity contribution is 6.33. The van der Waals surface area contributed by atoms with Crippen LogP contribution < -0.4 is 15.8 Å². The number of rotatable bonds is 13. The standard InChI is InChI=1S/C38H52ClN3O7/c1-13-34(7,8)24-21-26(35(9,10)14-2)27(48-37(39,15-3)29(40)44)22-25(24)38(28(43)33(4,5)6,30(45)41-23-19-17-16-18-20-23)42-31(46)36(11,12)49-32(42)47/h16-22H,13-15H2,1-12H3,(H2,40,44)(H,41,45). The zero-order valence-electron chi connectivity index (χ0n) is 30.9. The predicted molar refractivity (Wildman–Crippen MR) is 190 cm³/mol. The van der Waals surface area contributed by atoms with E-state index in [4.69, 9.17) is 26.8 Å². The molecule has 1 heterocycles. The number of Topliss-reactive ketones (excluding diaryl/α,β-unsaturated/α-hetero) is 1. The molecule has 2 aromatic rings. The number of ketones is 1. The molecule has 1 fully saturated rings. The first-order valence-corrected chi connectivity index (χ1v) is 17.1. The first-order valence-electron chi connectivity index (χ1n) is 16.7. The van der Waals surface area contributed by atoms with E-state index >= 15 is 9.59 Å². The van der Waals surface area contributed by atoms with Gasteiger partial charge in [-0.25, -0.2) is 9.69 Å². The zero-order valence-corrected chi connectivity index (χ0v) is 31.7. The van der Waals surface area contributed by atoms with Gasteiger partial charge in [0.2, 0.25) is 5.54 Å². The van der Waals surface area contributed by atoms with Crippen LogP contribution in [-0.2, 0) is 40.3 Å². The molecule has 11 heteroatoms. The van der Waals surface area contributed by atoms with Crippen LogP contribution in [0.5, 0.6) is 5.75 Å². The summed E-state index contributed by atoms with van der Waals surface area (Å²) < 4.78 is 11.9. The van der Waals surface area contributed by atoms with Gasteiger partial charge >= 0.3 is 6.09 Å². The lowest BCUT2D eigenvalue weighted by atomic mass is 9.66. The second-order valence-corrected chi connectivity index (χ2v) is 16.2. The van der Waals surface area contributed by atoms with Gasteiger partial charge in [0.25, 0.3) is 22.8 Å². The minimum Gasteiger partial charge on any atom is -0.462 e. The number of imide groups is 1. The highest BCUT2D eigenvalue weighted by atomic mass is 35.5. The van der Waals surface area contributed by atoms with Gasteiger partial charge in [0.05, 0.1) is 0 Å². The van der Waals surface area contributed by atoms with E-state index in [1.54, 1.807) is 58.0 Å². The Kier molecular flexibility index (Phi) is 10.8. The highest BCUT2D eigenvalue weighted by Crippen LogP contribution is 2.50. The Morgan fingerprint density at radius 1 is 0.857 bits per heavy atom. The van der Waals surface area contributed by atoms with Crippen LogP contribution in [0.1, 0.15) is 119 Å². The van der Waals surface area contributed by atoms with Crippen LogP contribution in [0.4, 0.5) is 10.5 Å². The van der Waals surface area contributed by atoms with Crippen molar-refractivity contribution in [3.63, 3.8) is 0 Å². The van der Waals surface area contributed by atoms with Crippen molar-refractivity contribution in [2.24, 2.45) is 11.1 Å². The fraction of sp³-hybridized carbons (Fsp3) is 0.553. The van der Waals surface area contributed by atoms with E-state index in [9.17, 15) is 14.4 Å². The SMILES string of the molecule is CCC(Cl)(Oc1cc(C(C(=O)Nc2ccccc2)(C(=O)C(C)(C)C)N2C(=O)OC(C)(C)C2=O)c(C(C)(C)CC)cc1C(C)(C)CC)C(N)=O. The highest BCUT2D eigenvalue weighted by Gasteiger charge is 2.66. The topological polar surface area (TPSA) is 145 Å². The molecule has 49 heavy (non-hydrogen) atoms. The summed E-state index contributed by atoms with van der Waals surface area (Å²) in [7, 11) is 0. The average Bonchev–Trinajstić information content (AvgIpc) is 3.22. The number of alkyl halides is 1. The van der Waals surface area contributed by atoms with Gasteiger partial charge in [0, 0.05) is 28.7 Å². The Hall–Kier alpha value is -3.92. The number of para-hydroxylation sites is 1. The maximum Gasteiger partial charge on any atom is 0.419 e. The van der Waals surface area contributed by atoms with Gasteiger partial charge in [-0.2, -0.15) is 0 Å². The van der Waals surface area contributed by atoms with E-state index in [-0.39, 0.29) is 17.7 Å². The summed E-state index contributed by atoms with van der Waals surface area (Å²) in [5, 5.41) is 0.832. The van der Waals surface area contributed by atoms with Crippen LogP contribution in [0.2, 0.25) is 0 Å². The number of amides is 4. The summed E-state index contributed by atoms with van der Waals surface area (Å²) in [4.78, 5) is 72.2. The molecule has 0 spiro atoms. The van der Waals surface area contributed by atoms with Crippen LogP contribution in [0, 0.1) is 5.41 Å². The van der Waals surface area contributed by atoms with Crippen LogP contribution in [0.3, 0.4) is 0 Å². The average molecular weight is 698 g/mol. The van der Waals surface area contributed by atoms with Crippen molar-refractivity contribution in [3.8, 4) is 5.75 Å². The number of hydrogen-bond acceptors (Lipinski definition) is 7. The van der Waals surface area contributed by atoms with Crippen molar-refractivity contribution in [3.05, 3.63) is 59.2 Å². The number of nitrogens with zero attached hydrogens (tertiary/aromatic N) is 1. The van der Waals surface area contributed by atoms with Gasteiger partial charge < -0.3 is 20.5 Å². The summed E-state index contributed by atoms with van der Waals surface area (Å²) in [5.74, 6) is -3.44. The number of benzene rings is 2. The Morgan fingerprint density at radius 2 is 1.39 bits per heavy atom. The van der Waals surface area contributed by atoms with Crippen molar-refractivity contribution in [2.75, 3.05) is 5.32 Å². The van der Waals surface area contributed by atoms with Crippen LogP contribution in [-0.4, -0.2) is 45.2 Å². The molecule has 0 bridgehead atoms. The molecule has 1 aliphatic heterocycles. The van der Waals surface area contributed by atoms with E-state index in [1.807, 2.05) is 47.6 Å². The zero-order chi connectivity index (χ0) is 37.5. The van der Waals surface area contributed by atoms with Crippen molar-refractivity contribution in [1.29, 1.82) is 0 Å². The molecule has 1 aliphatic rings. The summed E-state index contributed by atoms with van der Waals surface area (Å²) in [6, 6.07) is 11.7. The van der Waals surface area contributed by atoms with Gasteiger partial charge in [0.15, 0.2) is 11.4 Å². The third kappa shape index (κ3) is 7.07. The minimum atomic E-state index is -2.63. The molecule has 4 amide bonds. The molecule has 0 aliphatic carbocycles. The van der Waals surface area contributed by atoms with Gasteiger partial charge in [-0.05, 0) is 61.3 Å². The van der Waals surface area contributed by atoms with E-state index in [1.165, 1.54) is 19.9 Å². The Balaban J connectivity index is 2.74. The van der Waals surface area contributed by atoms with Gasteiger partial charge in [-0.15, -0.1) is 0 Å². The maximum absolute atomic E-state index is 15.3. The second kappa shape index (κ2) is 13.4. The number of nitrogens with one attached hydrogen (secondary N) is 1. The summed E-state index contributed by atoms with van der Waals surface area (Å²) in [6.45, 7) is 21.1. The maximum atomic E-state index is 15.3. The smallest absolute Gasteiger partial charge is 0.419 e. The fourth-order valence-corrected chi connectivity index (χ4v) is 5.89. The molecular weight excluding hydrogens is 646 g/mol. The van der Waals surface area contributed by atoms with Crippen molar-refractivity contribution >= 4 is 46.9 Å². The number of cyclic esters (lactones) is 1. The summed E-state index contributed by atoms with van der Waals surface area (Å²) >= 11 is 6.72. The van der Waals surface area contributed by atoms with Crippen LogP contribution in [0.25, 0.3) is 0 Å². The van der Waals surface area contributed by atoms with E-state index in [0.29, 0.717) is 34.6 Å². The molecule has 3 N–H and O–H groups in total. The molecule has 0 saturated carbocycles. The summed E-state index contributed by atoms with van der Waals surface area (Å²) in [5.41, 5.74) is 0.286. The number of halogens is 1. The van der Waals surface area contributed by atoms with Crippen molar-refractivity contribution < 1.29 is 33.4 Å². The lowest BCUT2D eigenvalue weighted by Gasteiger charge is -2.44. The fourth-order valence-electron chi connectivity index (χ4n) is 5.81. The molecule has 1 saturated heterocycles. The van der Waals surface area contributed by atoms with Crippen molar-refractivity contribution in [1.82, 2.24) is 4.90 Å². The largest absolute Gasteiger partial charge is 0.462 e. The Morgan fingerprint density at radius 3 is 1.82 bits per heavy atom. The third-order valence-electron chi connectivity index (χ3n) is 9.78. The number of ether oxygens (including phenoxy) is 2. The van der Waals surface area contributed by atoms with Crippen LogP contribution in [0.15, 0.2) is 42.5 Å². The molecule has 0 radical (unpaired) electrons. The van der Waals surface area contributed by atoms with Crippen molar-refractivity contribution in [2.45, 2.75) is 129 Å². The second-order valence-electron chi connectivity index (χ2n) is 15.5. The molecule has 2 aromatic carbocycles. The molecule has 10 nitrogen and oxygen atoms in total. The van der Waals surface area contributed by atoms with E-state index in [2.05, 4.69) is 5.32 Å². The first kappa shape index (κ1) is 39.5. The van der Waals surface area contributed by atoms with Gasteiger partial charge in [-0.3, -0.25) is 19.2 Å². The molecular formula is C38H52ClN3O7. The molecule has 0 aromatic heterocycles. The van der Waals surface area contributed by atoms with E-state index in [0.717, 1.165) is 0 Å². The normalized spacial score (nSPS) is 17.5. The third-order valence-corrected chi connectivity index (χ3v) is 10.3. The van der Waals surface area contributed by atoms with E-state index < -0.39 is 62.0 Å². The summed E-state index contributed by atoms with van der Waals surface area (Å²) in [6.07, 6.45) is -0.0162. The van der Waals surface area contributed by atoms with Crippen LogP contribution >= 0.6 is 11.6 Å². The Labute approximate surface area is 295 Å². The number of carbonyl (C=O) groups excluding carboxylic acids is 5. The monoisotopic (exact) mass is 697 g/mol. The number of anilines is 1. The lowest BCUT2D eigenvalue weighted by Crippen LogP contribution is -2.65.